The number of hydrogen-bond acceptors (Lipinski definition) is 6. The molecule has 0 spiro atoms. The van der Waals surface area contributed by atoms with Gasteiger partial charge < -0.3 is 9.68 Å². The van der Waals surface area contributed by atoms with Gasteiger partial charge in [0.15, 0.2) is 5.71 Å². The van der Waals surface area contributed by atoms with Crippen LogP contribution in [0.5, 0.6) is 0 Å². The summed E-state index contributed by atoms with van der Waals surface area (Å²) in [6, 6.07) is 0. The molecule has 0 aromatic carbocycles. The summed E-state index contributed by atoms with van der Waals surface area (Å²) in [5.41, 5.74) is 0.317. The molecule has 86 valence electrons. The highest BCUT2D eigenvalue weighted by atomic mass is 16.7. The smallest absolute Gasteiger partial charge is 0.301 e. The summed E-state index contributed by atoms with van der Waals surface area (Å²) in [6.45, 7) is 1.57. The minimum Gasteiger partial charge on any atom is -0.399 e. The molecule has 0 aliphatic carbocycles. The van der Waals surface area contributed by atoms with Gasteiger partial charge in [-0.25, -0.2) is 5.06 Å². The van der Waals surface area contributed by atoms with Crippen molar-refractivity contribution in [1.29, 1.82) is 0 Å². The number of amides is 1. The van der Waals surface area contributed by atoms with E-state index in [1.54, 1.807) is 6.92 Å². The van der Waals surface area contributed by atoms with Crippen LogP contribution >= 0.6 is 0 Å². The van der Waals surface area contributed by atoms with E-state index in [0.717, 1.165) is 5.06 Å². The van der Waals surface area contributed by atoms with E-state index in [-0.39, 0.29) is 5.71 Å². The fourth-order valence-corrected chi connectivity index (χ4v) is 0.763. The number of carbonyl (C=O) groups is 1. The van der Waals surface area contributed by atoms with Crippen molar-refractivity contribution in [3.8, 4) is 0 Å². The first-order chi connectivity index (χ1) is 7.08. The molecule has 0 saturated heterocycles. The van der Waals surface area contributed by atoms with Crippen molar-refractivity contribution >= 4 is 17.3 Å². The van der Waals surface area contributed by atoms with Gasteiger partial charge >= 0.3 is 5.91 Å². The quantitative estimate of drug-likeness (QED) is 0.481. The third kappa shape index (κ3) is 3.94. The van der Waals surface area contributed by atoms with Gasteiger partial charge in [-0.05, 0) is 6.92 Å². The second-order valence-electron chi connectivity index (χ2n) is 2.47. The molecular weight excluding hydrogens is 202 g/mol. The Labute approximate surface area is 88.2 Å². The third-order valence-electron chi connectivity index (χ3n) is 1.52. The highest BCUT2D eigenvalue weighted by Crippen LogP contribution is 1.94. The Kier molecular flexibility index (Phi) is 6.03. The molecule has 7 heteroatoms. The van der Waals surface area contributed by atoms with Crippen LogP contribution in [0.1, 0.15) is 6.92 Å². The van der Waals surface area contributed by atoms with Crippen molar-refractivity contribution in [3.05, 3.63) is 0 Å². The predicted octanol–water partition coefficient (Wildman–Crippen LogP) is 0.0309. The molecule has 0 aliphatic heterocycles. The summed E-state index contributed by atoms with van der Waals surface area (Å²) in [5, 5.41) is 8.14. The molecule has 15 heavy (non-hydrogen) atoms. The molecule has 0 unspecified atom stereocenters. The number of rotatable bonds is 5. The number of oxime groups is 2. The number of hydrogen-bond donors (Lipinski definition) is 0. The summed E-state index contributed by atoms with van der Waals surface area (Å²) < 4.78 is 0. The maximum Gasteiger partial charge on any atom is 0.301 e. The van der Waals surface area contributed by atoms with Gasteiger partial charge in [0.05, 0.1) is 7.11 Å². The lowest BCUT2D eigenvalue weighted by Gasteiger charge is -2.13. The molecule has 0 aromatic heterocycles. The van der Waals surface area contributed by atoms with Crippen LogP contribution < -0.4 is 0 Å². The first-order valence-corrected chi connectivity index (χ1v) is 4.09. The molecule has 0 atom stereocenters. The second-order valence-corrected chi connectivity index (χ2v) is 2.47. The van der Waals surface area contributed by atoms with E-state index in [1.165, 1.54) is 28.4 Å². The molecule has 0 N–H and O–H groups in total. The zero-order valence-corrected chi connectivity index (χ0v) is 9.47. The molecule has 7 nitrogen and oxygen atoms in total. The Bertz CT molecular complexity index is 275. The Balaban J connectivity index is 4.91. The molecule has 0 aromatic rings. The molecule has 0 fully saturated rings. The molecule has 0 rings (SSSR count). The van der Waals surface area contributed by atoms with Crippen molar-refractivity contribution in [1.82, 2.24) is 5.06 Å². The van der Waals surface area contributed by atoms with E-state index in [0.29, 0.717) is 5.71 Å². The van der Waals surface area contributed by atoms with Crippen LogP contribution in [0.15, 0.2) is 10.3 Å². The largest absolute Gasteiger partial charge is 0.399 e. The van der Waals surface area contributed by atoms with Gasteiger partial charge in [0.25, 0.3) is 0 Å². The molecular formula is C8H15N3O4. The standard InChI is InChI=1S/C8H15N3O4/c1-6(9-13-3)7(10-14-4)8(12)11(2)15-5/h1-5H3. The fourth-order valence-electron chi connectivity index (χ4n) is 0.763. The van der Waals surface area contributed by atoms with Gasteiger partial charge in [-0.15, -0.1) is 0 Å². The van der Waals surface area contributed by atoms with Gasteiger partial charge in [-0.1, -0.05) is 10.3 Å². The SMILES string of the molecule is CON=C(C)C(=NOC)C(=O)N(C)OC. The first kappa shape index (κ1) is 13.4. The lowest BCUT2D eigenvalue weighted by atomic mass is 10.2. The molecule has 0 aliphatic rings. The minimum absolute atomic E-state index is 0.0173. The van der Waals surface area contributed by atoms with Crippen molar-refractivity contribution in [2.45, 2.75) is 6.92 Å². The average Bonchev–Trinajstić information content (AvgIpc) is 2.24. The van der Waals surface area contributed by atoms with Crippen molar-refractivity contribution in [2.75, 3.05) is 28.4 Å². The van der Waals surface area contributed by atoms with Gasteiger partial charge in [0.1, 0.15) is 19.9 Å². The van der Waals surface area contributed by atoms with Crippen molar-refractivity contribution in [2.24, 2.45) is 10.3 Å². The second kappa shape index (κ2) is 6.77. The number of nitrogens with zero attached hydrogens (tertiary/aromatic N) is 3. The van der Waals surface area contributed by atoms with Gasteiger partial charge in [-0.2, -0.15) is 0 Å². The Morgan fingerprint density at radius 2 is 1.67 bits per heavy atom. The molecule has 1 amide bonds. The third-order valence-corrected chi connectivity index (χ3v) is 1.52. The Morgan fingerprint density at radius 1 is 1.13 bits per heavy atom. The van der Waals surface area contributed by atoms with Crippen LogP contribution in [-0.4, -0.2) is 50.8 Å². The van der Waals surface area contributed by atoms with Gasteiger partial charge in [0, 0.05) is 7.05 Å². The van der Waals surface area contributed by atoms with Crippen molar-refractivity contribution in [3.63, 3.8) is 0 Å². The maximum absolute atomic E-state index is 11.6. The Hall–Kier alpha value is -1.63. The zero-order chi connectivity index (χ0) is 11.8. The predicted molar refractivity (Wildman–Crippen MR) is 54.3 cm³/mol. The monoisotopic (exact) mass is 217 g/mol. The molecule has 0 bridgehead atoms. The summed E-state index contributed by atoms with van der Waals surface area (Å²) in [5.74, 6) is -0.474. The lowest BCUT2D eigenvalue weighted by Crippen LogP contribution is -2.36. The van der Waals surface area contributed by atoms with E-state index in [4.69, 9.17) is 4.84 Å². The first-order valence-electron chi connectivity index (χ1n) is 4.09. The number of hydroxylamine groups is 2. The summed E-state index contributed by atoms with van der Waals surface area (Å²) in [7, 11) is 5.53. The normalized spacial score (nSPS) is 12.3. The molecule has 0 heterocycles. The number of carbonyl (C=O) groups excluding carboxylic acids is 1. The minimum atomic E-state index is -0.474. The molecule has 0 radical (unpaired) electrons. The van der Waals surface area contributed by atoms with Crippen LogP contribution in [-0.2, 0) is 19.3 Å². The summed E-state index contributed by atoms with van der Waals surface area (Å²) in [6.07, 6.45) is 0. The van der Waals surface area contributed by atoms with Crippen LogP contribution in [0.4, 0.5) is 0 Å². The van der Waals surface area contributed by atoms with Crippen LogP contribution in [0.25, 0.3) is 0 Å². The van der Waals surface area contributed by atoms with E-state index < -0.39 is 5.91 Å². The van der Waals surface area contributed by atoms with Crippen molar-refractivity contribution < 1.29 is 19.3 Å². The van der Waals surface area contributed by atoms with Crippen LogP contribution in [0.3, 0.4) is 0 Å². The van der Waals surface area contributed by atoms with Crippen LogP contribution in [0, 0.1) is 0 Å². The fraction of sp³-hybridized carbons (Fsp3) is 0.625. The molecule has 0 saturated carbocycles. The summed E-state index contributed by atoms with van der Waals surface area (Å²) >= 11 is 0. The van der Waals surface area contributed by atoms with E-state index in [9.17, 15) is 4.79 Å². The summed E-state index contributed by atoms with van der Waals surface area (Å²) in [4.78, 5) is 25.4. The highest BCUT2D eigenvalue weighted by molar-refractivity contribution is 6.66. The maximum atomic E-state index is 11.6. The Morgan fingerprint density at radius 3 is 2.07 bits per heavy atom. The van der Waals surface area contributed by atoms with E-state index in [1.807, 2.05) is 0 Å². The van der Waals surface area contributed by atoms with Gasteiger partial charge in [0.2, 0.25) is 0 Å². The van der Waals surface area contributed by atoms with E-state index in [2.05, 4.69) is 20.0 Å². The average molecular weight is 217 g/mol. The topological polar surface area (TPSA) is 72.7 Å². The van der Waals surface area contributed by atoms with Crippen LogP contribution in [0.2, 0.25) is 0 Å². The lowest BCUT2D eigenvalue weighted by molar-refractivity contribution is -0.160. The van der Waals surface area contributed by atoms with E-state index >= 15 is 0 Å². The highest BCUT2D eigenvalue weighted by Gasteiger charge is 2.20. The van der Waals surface area contributed by atoms with Gasteiger partial charge in [-0.3, -0.25) is 9.63 Å². The zero-order valence-electron chi connectivity index (χ0n) is 9.47.